The fourth-order valence-corrected chi connectivity index (χ4v) is 2.59. The van der Waals surface area contributed by atoms with E-state index in [9.17, 15) is 4.79 Å². The van der Waals surface area contributed by atoms with Gasteiger partial charge in [0.2, 0.25) is 5.91 Å². The lowest BCUT2D eigenvalue weighted by atomic mass is 9.81. The normalized spacial score (nSPS) is 18.6. The van der Waals surface area contributed by atoms with Crippen LogP contribution in [-0.2, 0) is 4.79 Å². The first-order chi connectivity index (χ1) is 8.14. The van der Waals surface area contributed by atoms with E-state index in [1.165, 1.54) is 6.42 Å². The SMILES string of the molecule is NC(=O)C1(Nc2ccccc2Cl)CCCCC1. The maximum atomic E-state index is 11.7. The monoisotopic (exact) mass is 252 g/mol. The van der Waals surface area contributed by atoms with Gasteiger partial charge in [0.25, 0.3) is 0 Å². The maximum Gasteiger partial charge on any atom is 0.243 e. The lowest BCUT2D eigenvalue weighted by molar-refractivity contribution is -0.123. The Morgan fingerprint density at radius 3 is 2.47 bits per heavy atom. The van der Waals surface area contributed by atoms with Crippen LogP contribution in [0.1, 0.15) is 32.1 Å². The Morgan fingerprint density at radius 2 is 1.88 bits per heavy atom. The van der Waals surface area contributed by atoms with Crippen molar-refractivity contribution in [3.05, 3.63) is 29.3 Å². The molecular formula is C13H17ClN2O. The zero-order chi connectivity index (χ0) is 12.3. The fraction of sp³-hybridized carbons (Fsp3) is 0.462. The number of anilines is 1. The van der Waals surface area contributed by atoms with Gasteiger partial charge in [-0.25, -0.2) is 0 Å². The summed E-state index contributed by atoms with van der Waals surface area (Å²) in [6, 6.07) is 7.44. The Bertz CT molecular complexity index is 414. The van der Waals surface area contributed by atoms with Crippen LogP contribution in [0.25, 0.3) is 0 Å². The number of halogens is 1. The summed E-state index contributed by atoms with van der Waals surface area (Å²) in [6.45, 7) is 0. The highest BCUT2D eigenvalue weighted by Gasteiger charge is 2.37. The van der Waals surface area contributed by atoms with Gasteiger partial charge >= 0.3 is 0 Å². The van der Waals surface area contributed by atoms with Gasteiger partial charge in [0.15, 0.2) is 0 Å². The molecule has 1 fully saturated rings. The number of carbonyl (C=O) groups is 1. The molecule has 0 aliphatic heterocycles. The maximum absolute atomic E-state index is 11.7. The van der Waals surface area contributed by atoms with E-state index in [0.29, 0.717) is 5.02 Å². The standard InChI is InChI=1S/C13H17ClN2O/c14-10-6-2-3-7-11(10)16-13(12(15)17)8-4-1-5-9-13/h2-3,6-7,16H,1,4-5,8-9H2,(H2,15,17). The number of carbonyl (C=O) groups excluding carboxylic acids is 1. The average molecular weight is 253 g/mol. The molecule has 1 aliphatic carbocycles. The van der Waals surface area contributed by atoms with E-state index in [1.807, 2.05) is 18.2 Å². The molecule has 0 heterocycles. The molecule has 0 bridgehead atoms. The highest BCUT2D eigenvalue weighted by molar-refractivity contribution is 6.33. The highest BCUT2D eigenvalue weighted by atomic mass is 35.5. The van der Waals surface area contributed by atoms with Crippen LogP contribution in [-0.4, -0.2) is 11.4 Å². The molecule has 0 saturated heterocycles. The molecule has 17 heavy (non-hydrogen) atoms. The van der Waals surface area contributed by atoms with Gasteiger partial charge in [0.1, 0.15) is 5.54 Å². The Hall–Kier alpha value is -1.22. The first-order valence-electron chi connectivity index (χ1n) is 5.97. The summed E-state index contributed by atoms with van der Waals surface area (Å²) in [7, 11) is 0. The fourth-order valence-electron chi connectivity index (χ4n) is 2.41. The molecule has 1 saturated carbocycles. The average Bonchev–Trinajstić information content (AvgIpc) is 2.33. The summed E-state index contributed by atoms with van der Waals surface area (Å²) in [5.74, 6) is -0.280. The lowest BCUT2D eigenvalue weighted by Gasteiger charge is -2.36. The van der Waals surface area contributed by atoms with Crippen molar-refractivity contribution in [3.63, 3.8) is 0 Å². The first kappa shape index (κ1) is 12.2. The number of hydrogen-bond donors (Lipinski definition) is 2. The van der Waals surface area contributed by atoms with E-state index in [0.717, 1.165) is 31.4 Å². The van der Waals surface area contributed by atoms with Crippen LogP contribution < -0.4 is 11.1 Å². The Labute approximate surface area is 106 Å². The Kier molecular flexibility index (Phi) is 3.57. The molecule has 0 atom stereocenters. The molecule has 1 aliphatic rings. The molecule has 1 aromatic rings. The van der Waals surface area contributed by atoms with Crippen molar-refractivity contribution in [3.8, 4) is 0 Å². The van der Waals surface area contributed by atoms with Crippen LogP contribution in [0, 0.1) is 0 Å². The number of benzene rings is 1. The van der Waals surface area contributed by atoms with Crippen molar-refractivity contribution in [2.75, 3.05) is 5.32 Å². The second-order valence-corrected chi connectivity index (χ2v) is 5.02. The van der Waals surface area contributed by atoms with Crippen LogP contribution in [0.5, 0.6) is 0 Å². The molecule has 1 aromatic carbocycles. The van der Waals surface area contributed by atoms with Gasteiger partial charge in [-0.3, -0.25) is 4.79 Å². The van der Waals surface area contributed by atoms with Crippen LogP contribution in [0.2, 0.25) is 5.02 Å². The van der Waals surface area contributed by atoms with Crippen molar-refractivity contribution in [1.29, 1.82) is 0 Å². The van der Waals surface area contributed by atoms with Gasteiger partial charge in [-0.15, -0.1) is 0 Å². The van der Waals surface area contributed by atoms with E-state index in [-0.39, 0.29) is 5.91 Å². The topological polar surface area (TPSA) is 55.1 Å². The zero-order valence-corrected chi connectivity index (χ0v) is 10.5. The molecule has 2 rings (SSSR count). The molecular weight excluding hydrogens is 236 g/mol. The van der Waals surface area contributed by atoms with Crippen LogP contribution >= 0.6 is 11.6 Å². The Balaban J connectivity index is 2.24. The van der Waals surface area contributed by atoms with Crippen molar-refractivity contribution < 1.29 is 4.79 Å². The molecule has 0 unspecified atom stereocenters. The summed E-state index contributed by atoms with van der Waals surface area (Å²) < 4.78 is 0. The zero-order valence-electron chi connectivity index (χ0n) is 9.71. The van der Waals surface area contributed by atoms with Gasteiger partial charge in [-0.1, -0.05) is 43.0 Å². The van der Waals surface area contributed by atoms with Crippen LogP contribution in [0.15, 0.2) is 24.3 Å². The van der Waals surface area contributed by atoms with Crippen molar-refractivity contribution in [2.24, 2.45) is 5.73 Å². The van der Waals surface area contributed by atoms with E-state index >= 15 is 0 Å². The van der Waals surface area contributed by atoms with Gasteiger partial charge in [-0.2, -0.15) is 0 Å². The number of amides is 1. The molecule has 92 valence electrons. The van der Waals surface area contributed by atoms with E-state index in [1.54, 1.807) is 6.07 Å². The quantitative estimate of drug-likeness (QED) is 0.869. The van der Waals surface area contributed by atoms with Gasteiger partial charge < -0.3 is 11.1 Å². The number of primary amides is 1. The number of para-hydroxylation sites is 1. The lowest BCUT2D eigenvalue weighted by Crippen LogP contribution is -2.51. The minimum Gasteiger partial charge on any atom is -0.370 e. The number of nitrogens with one attached hydrogen (secondary N) is 1. The molecule has 4 heteroatoms. The van der Waals surface area contributed by atoms with E-state index in [2.05, 4.69) is 5.32 Å². The number of rotatable bonds is 3. The summed E-state index contributed by atoms with van der Waals surface area (Å²) in [6.07, 6.45) is 4.79. The second-order valence-electron chi connectivity index (χ2n) is 4.61. The number of hydrogen-bond acceptors (Lipinski definition) is 2. The minimum atomic E-state index is -0.622. The summed E-state index contributed by atoms with van der Waals surface area (Å²) in [5, 5.41) is 3.88. The number of nitrogens with two attached hydrogens (primary N) is 1. The third-order valence-electron chi connectivity index (χ3n) is 3.43. The van der Waals surface area contributed by atoms with Crippen LogP contribution in [0.4, 0.5) is 5.69 Å². The summed E-state index contributed by atoms with van der Waals surface area (Å²) >= 11 is 6.10. The van der Waals surface area contributed by atoms with Crippen molar-refractivity contribution in [2.45, 2.75) is 37.6 Å². The third kappa shape index (κ3) is 2.55. The highest BCUT2D eigenvalue weighted by Crippen LogP contribution is 2.33. The molecule has 3 N–H and O–H groups in total. The molecule has 3 nitrogen and oxygen atoms in total. The molecule has 1 amide bonds. The molecule has 0 spiro atoms. The smallest absolute Gasteiger partial charge is 0.243 e. The van der Waals surface area contributed by atoms with Crippen molar-refractivity contribution in [1.82, 2.24) is 0 Å². The van der Waals surface area contributed by atoms with Gasteiger partial charge in [-0.05, 0) is 25.0 Å². The second kappa shape index (κ2) is 4.96. The Morgan fingerprint density at radius 1 is 1.24 bits per heavy atom. The van der Waals surface area contributed by atoms with E-state index < -0.39 is 5.54 Å². The predicted molar refractivity (Wildman–Crippen MR) is 70.1 cm³/mol. The third-order valence-corrected chi connectivity index (χ3v) is 3.76. The summed E-state index contributed by atoms with van der Waals surface area (Å²) in [4.78, 5) is 11.7. The first-order valence-corrected chi connectivity index (χ1v) is 6.34. The predicted octanol–water partition coefficient (Wildman–Crippen LogP) is 2.94. The van der Waals surface area contributed by atoms with Gasteiger partial charge in [0, 0.05) is 0 Å². The summed E-state index contributed by atoms with van der Waals surface area (Å²) in [5.41, 5.74) is 5.72. The largest absolute Gasteiger partial charge is 0.370 e. The van der Waals surface area contributed by atoms with Crippen molar-refractivity contribution >= 4 is 23.2 Å². The molecule has 0 aromatic heterocycles. The van der Waals surface area contributed by atoms with Crippen LogP contribution in [0.3, 0.4) is 0 Å². The minimum absolute atomic E-state index is 0.280. The van der Waals surface area contributed by atoms with E-state index in [4.69, 9.17) is 17.3 Å². The van der Waals surface area contributed by atoms with Gasteiger partial charge in [0.05, 0.1) is 10.7 Å². The molecule has 0 radical (unpaired) electrons.